The van der Waals surface area contributed by atoms with E-state index in [4.69, 9.17) is 0 Å². The van der Waals surface area contributed by atoms with E-state index in [2.05, 4.69) is 27.7 Å². The number of hydrogen-bond donors (Lipinski definition) is 0. The van der Waals surface area contributed by atoms with E-state index in [1.807, 2.05) is 0 Å². The minimum atomic E-state index is -4.78. The number of benzene rings is 1. The van der Waals surface area contributed by atoms with Gasteiger partial charge in [0.15, 0.2) is 0 Å². The smallest absolute Gasteiger partial charge is 0.352 e. The van der Waals surface area contributed by atoms with E-state index in [1.165, 1.54) is 35.1 Å². The third kappa shape index (κ3) is 5.73. The van der Waals surface area contributed by atoms with Crippen LogP contribution in [0.2, 0.25) is 0 Å². The second-order valence-corrected chi connectivity index (χ2v) is 10.5. The van der Waals surface area contributed by atoms with Gasteiger partial charge in [0.05, 0.1) is 41.4 Å². The Morgan fingerprint density at radius 2 is 1.88 bits per heavy atom. The molecular formula is C28H27F5N8O2. The van der Waals surface area contributed by atoms with Gasteiger partial charge in [0.1, 0.15) is 11.3 Å². The molecule has 2 aliphatic rings. The Morgan fingerprint density at radius 1 is 1.16 bits per heavy atom. The van der Waals surface area contributed by atoms with E-state index in [9.17, 15) is 36.8 Å². The summed E-state index contributed by atoms with van der Waals surface area (Å²) in [7, 11) is 0. The average Bonchev–Trinajstić information content (AvgIpc) is 2.96. The van der Waals surface area contributed by atoms with E-state index in [0.717, 1.165) is 12.1 Å². The van der Waals surface area contributed by atoms with Crippen molar-refractivity contribution in [1.82, 2.24) is 24.6 Å². The lowest BCUT2D eigenvalue weighted by atomic mass is 10.1. The molecule has 4 heterocycles. The zero-order valence-electron chi connectivity index (χ0n) is 23.1. The molecule has 15 heteroatoms. The van der Waals surface area contributed by atoms with Gasteiger partial charge in [-0.15, -0.1) is 0 Å². The highest BCUT2D eigenvalue weighted by Crippen LogP contribution is 2.36. The molecule has 10 nitrogen and oxygen atoms in total. The van der Waals surface area contributed by atoms with Crippen molar-refractivity contribution < 1.29 is 26.7 Å². The number of nitrogens with zero attached hydrogens (tertiary/aromatic N) is 8. The van der Waals surface area contributed by atoms with Gasteiger partial charge in [-0.2, -0.15) is 33.2 Å². The molecule has 1 amide bonds. The standard InChI is InChI=1S/C28H27F5N8O2/c1-3-21(42)40-14-13-39(16-18(40)7-10-34)24-19-15-35-41(20-6-4-5-17(2)22(20)28(31,32)33)25(43)23(19)36-26(37-24)38-11-8-27(29,30)9-12-38/h3-6,15,18H,1,7-9,11-14,16H2,2H3/t18-/m0/s1. The number of hydrogen-bond acceptors (Lipinski definition) is 8. The van der Waals surface area contributed by atoms with Crippen molar-refractivity contribution in [3.8, 4) is 11.8 Å². The highest BCUT2D eigenvalue weighted by Gasteiger charge is 2.38. The molecule has 2 fully saturated rings. The SMILES string of the molecule is C=CC(=O)N1CCN(c2nc(N3CCC(F)(F)CC3)nc3c(=O)n(-c4cccc(C)c4C(F)(F)F)ncc23)C[C@@H]1CC#N. The van der Waals surface area contributed by atoms with Crippen LogP contribution in [-0.2, 0) is 11.0 Å². The molecule has 0 spiro atoms. The number of carbonyl (C=O) groups is 1. The third-order valence-electron chi connectivity index (χ3n) is 7.72. The van der Waals surface area contributed by atoms with Gasteiger partial charge in [0.25, 0.3) is 11.5 Å². The summed E-state index contributed by atoms with van der Waals surface area (Å²) in [5, 5.41) is 13.6. The lowest BCUT2D eigenvalue weighted by Crippen LogP contribution is -2.55. The van der Waals surface area contributed by atoms with E-state index < -0.39 is 47.8 Å². The Labute approximate surface area is 242 Å². The first-order chi connectivity index (χ1) is 20.3. The van der Waals surface area contributed by atoms with E-state index in [0.29, 0.717) is 4.68 Å². The first kappa shape index (κ1) is 29.9. The molecule has 0 unspecified atom stereocenters. The van der Waals surface area contributed by atoms with Crippen molar-refractivity contribution in [3.05, 3.63) is 58.5 Å². The maximum Gasteiger partial charge on any atom is 0.418 e. The number of anilines is 2. The monoisotopic (exact) mass is 602 g/mol. The van der Waals surface area contributed by atoms with Crippen molar-refractivity contribution in [2.75, 3.05) is 42.5 Å². The van der Waals surface area contributed by atoms with Gasteiger partial charge in [-0.25, -0.2) is 13.8 Å². The zero-order valence-corrected chi connectivity index (χ0v) is 23.1. The third-order valence-corrected chi connectivity index (χ3v) is 7.72. The quantitative estimate of drug-likeness (QED) is 0.320. The molecule has 0 saturated carbocycles. The summed E-state index contributed by atoms with van der Waals surface area (Å²) >= 11 is 0. The molecule has 1 aromatic carbocycles. The molecule has 226 valence electrons. The van der Waals surface area contributed by atoms with Crippen LogP contribution in [-0.4, -0.2) is 75.2 Å². The van der Waals surface area contributed by atoms with Crippen LogP contribution in [0.4, 0.5) is 33.7 Å². The molecule has 43 heavy (non-hydrogen) atoms. The average molecular weight is 603 g/mol. The summed E-state index contributed by atoms with van der Waals surface area (Å²) in [6.45, 7) is 5.13. The molecule has 0 N–H and O–H groups in total. The van der Waals surface area contributed by atoms with Crippen LogP contribution in [0.15, 0.2) is 41.8 Å². The Balaban J connectivity index is 1.67. The van der Waals surface area contributed by atoms with Crippen molar-refractivity contribution in [1.29, 1.82) is 5.26 Å². The van der Waals surface area contributed by atoms with Crippen molar-refractivity contribution in [2.45, 2.75) is 44.3 Å². The van der Waals surface area contributed by atoms with Crippen molar-refractivity contribution in [2.24, 2.45) is 0 Å². The zero-order chi connectivity index (χ0) is 31.1. The van der Waals surface area contributed by atoms with Gasteiger partial charge >= 0.3 is 6.18 Å². The number of fused-ring (bicyclic) bond motifs is 1. The molecule has 1 atom stereocenters. The Kier molecular flexibility index (Phi) is 7.80. The van der Waals surface area contributed by atoms with Gasteiger partial charge in [-0.1, -0.05) is 18.7 Å². The lowest BCUT2D eigenvalue weighted by Gasteiger charge is -2.41. The molecule has 5 rings (SSSR count). The van der Waals surface area contributed by atoms with Crippen LogP contribution >= 0.6 is 0 Å². The predicted octanol–water partition coefficient (Wildman–Crippen LogP) is 3.86. The van der Waals surface area contributed by atoms with Crippen LogP contribution in [0.3, 0.4) is 0 Å². The van der Waals surface area contributed by atoms with Crippen LogP contribution in [0.25, 0.3) is 16.6 Å². The summed E-state index contributed by atoms with van der Waals surface area (Å²) in [6, 6.07) is 5.29. The first-order valence-corrected chi connectivity index (χ1v) is 13.5. The van der Waals surface area contributed by atoms with Crippen LogP contribution in [0, 0.1) is 18.3 Å². The number of aryl methyl sites for hydroxylation is 1. The number of aromatic nitrogens is 4. The Morgan fingerprint density at radius 3 is 2.53 bits per heavy atom. The topological polar surface area (TPSA) is 111 Å². The summed E-state index contributed by atoms with van der Waals surface area (Å²) in [4.78, 5) is 40.0. The van der Waals surface area contributed by atoms with Crippen LogP contribution < -0.4 is 15.4 Å². The minimum Gasteiger partial charge on any atom is -0.352 e. The molecule has 2 saturated heterocycles. The van der Waals surface area contributed by atoms with E-state index in [-0.39, 0.29) is 73.3 Å². The van der Waals surface area contributed by atoms with E-state index in [1.54, 1.807) is 4.90 Å². The summed E-state index contributed by atoms with van der Waals surface area (Å²) in [6.07, 6.45) is -3.37. The predicted molar refractivity (Wildman–Crippen MR) is 147 cm³/mol. The minimum absolute atomic E-state index is 0.00814. The van der Waals surface area contributed by atoms with E-state index >= 15 is 0 Å². The van der Waals surface area contributed by atoms with Crippen molar-refractivity contribution in [3.63, 3.8) is 0 Å². The second-order valence-electron chi connectivity index (χ2n) is 10.5. The maximum atomic E-state index is 14.0. The number of halogens is 5. The molecular weight excluding hydrogens is 575 g/mol. The fraction of sp³-hybridized carbons (Fsp3) is 0.429. The molecule has 2 aliphatic heterocycles. The van der Waals surface area contributed by atoms with Gasteiger partial charge in [-0.3, -0.25) is 9.59 Å². The largest absolute Gasteiger partial charge is 0.418 e. The molecule has 0 bridgehead atoms. The lowest BCUT2D eigenvalue weighted by molar-refractivity contribution is -0.138. The summed E-state index contributed by atoms with van der Waals surface area (Å²) in [5.74, 6) is -3.06. The van der Waals surface area contributed by atoms with Gasteiger partial charge < -0.3 is 14.7 Å². The van der Waals surface area contributed by atoms with Gasteiger partial charge in [0.2, 0.25) is 11.9 Å². The molecule has 0 radical (unpaired) electrons. The molecule has 2 aromatic heterocycles. The number of alkyl halides is 5. The number of carbonyl (C=O) groups excluding carboxylic acids is 1. The normalized spacial score (nSPS) is 18.9. The maximum absolute atomic E-state index is 14.0. The number of nitriles is 1. The van der Waals surface area contributed by atoms with Gasteiger partial charge in [-0.05, 0) is 24.6 Å². The first-order valence-electron chi connectivity index (χ1n) is 13.5. The fourth-order valence-electron chi connectivity index (χ4n) is 5.52. The highest BCUT2D eigenvalue weighted by atomic mass is 19.4. The van der Waals surface area contributed by atoms with Crippen molar-refractivity contribution >= 4 is 28.6 Å². The van der Waals surface area contributed by atoms with Gasteiger partial charge in [0, 0.05) is 45.6 Å². The number of piperidine rings is 1. The highest BCUT2D eigenvalue weighted by molar-refractivity contribution is 5.90. The van der Waals surface area contributed by atoms with Crippen LogP contribution in [0.1, 0.15) is 30.4 Å². The molecule has 0 aliphatic carbocycles. The molecule has 3 aromatic rings. The van der Waals surface area contributed by atoms with Crippen LogP contribution in [0.5, 0.6) is 0 Å². The summed E-state index contributed by atoms with van der Waals surface area (Å²) in [5.41, 5.74) is -2.81. The Bertz CT molecular complexity index is 1670. The summed E-state index contributed by atoms with van der Waals surface area (Å²) < 4.78 is 70.6. The fourth-order valence-corrected chi connectivity index (χ4v) is 5.52. The Hall–Kier alpha value is -4.61. The number of rotatable bonds is 5. The second kappa shape index (κ2) is 11.2. The number of amides is 1. The number of piperazine rings is 1.